The third-order valence-electron chi connectivity index (χ3n) is 4.06. The maximum absolute atomic E-state index is 11.8. The molecule has 27 heavy (non-hydrogen) atoms. The van der Waals surface area contributed by atoms with Crippen LogP contribution in [0.5, 0.6) is 5.88 Å². The molecule has 0 bridgehead atoms. The van der Waals surface area contributed by atoms with Crippen LogP contribution < -0.4 is 10.4 Å². The molecule has 4 aromatic rings. The summed E-state index contributed by atoms with van der Waals surface area (Å²) in [7, 11) is 3.27. The maximum Gasteiger partial charge on any atom is 0.326 e. The third kappa shape index (κ3) is 3.65. The number of aromatic amines is 1. The van der Waals surface area contributed by atoms with Gasteiger partial charge in [0.2, 0.25) is 5.88 Å². The van der Waals surface area contributed by atoms with Crippen molar-refractivity contribution in [3.63, 3.8) is 0 Å². The van der Waals surface area contributed by atoms with Crippen LogP contribution in [-0.4, -0.2) is 43.3 Å². The Hall–Kier alpha value is -3.26. The van der Waals surface area contributed by atoms with Gasteiger partial charge in [-0.3, -0.25) is 9.55 Å². The molecule has 0 aliphatic carbocycles. The first-order valence-electron chi connectivity index (χ1n) is 8.54. The highest BCUT2D eigenvalue weighted by atomic mass is 16.5. The number of hydrogen-bond acceptors (Lipinski definition) is 6. The molecule has 4 heterocycles. The second kappa shape index (κ2) is 7.96. The van der Waals surface area contributed by atoms with Gasteiger partial charge in [0.15, 0.2) is 0 Å². The Morgan fingerprint density at radius 1 is 1.19 bits per heavy atom. The van der Waals surface area contributed by atoms with E-state index in [-0.39, 0.29) is 5.69 Å². The zero-order chi connectivity index (χ0) is 19.4. The summed E-state index contributed by atoms with van der Waals surface area (Å²) in [4.78, 5) is 27.9. The summed E-state index contributed by atoms with van der Waals surface area (Å²) >= 11 is 0. The molecule has 0 atom stereocenters. The van der Waals surface area contributed by atoms with E-state index in [4.69, 9.17) is 9.84 Å². The number of aliphatic hydroxyl groups is 1. The molecule has 0 spiro atoms. The fourth-order valence-electron chi connectivity index (χ4n) is 2.55. The smallest absolute Gasteiger partial charge is 0.326 e. The maximum atomic E-state index is 11.8. The second-order valence-electron chi connectivity index (χ2n) is 5.88. The summed E-state index contributed by atoms with van der Waals surface area (Å²) in [6.07, 6.45) is 4.25. The summed E-state index contributed by atoms with van der Waals surface area (Å²) in [5.74, 6) is 0.547. The lowest BCUT2D eigenvalue weighted by Gasteiger charge is -2.04. The molecule has 4 aromatic heterocycles. The monoisotopic (exact) mass is 367 g/mol. The number of H-pyrrole nitrogens is 1. The van der Waals surface area contributed by atoms with Crippen molar-refractivity contribution in [2.45, 2.75) is 13.3 Å². The number of hydrogen-bond donors (Lipinski definition) is 2. The molecule has 0 amide bonds. The molecule has 0 fully saturated rings. The molecule has 0 aliphatic heterocycles. The largest absolute Gasteiger partial charge is 0.481 e. The predicted molar refractivity (Wildman–Crippen MR) is 104 cm³/mol. The molecule has 0 aliphatic rings. The van der Waals surface area contributed by atoms with E-state index in [9.17, 15) is 4.79 Å². The van der Waals surface area contributed by atoms with E-state index in [1.54, 1.807) is 32.6 Å². The summed E-state index contributed by atoms with van der Waals surface area (Å²) in [6, 6.07) is 7.43. The first-order chi connectivity index (χ1) is 13.1. The van der Waals surface area contributed by atoms with E-state index in [0.29, 0.717) is 23.5 Å². The van der Waals surface area contributed by atoms with Crippen molar-refractivity contribution in [2.24, 2.45) is 7.05 Å². The fraction of sp³-hybridized carbons (Fsp3) is 0.263. The Balaban J connectivity index is 0.000000481. The molecular weight excluding hydrogens is 346 g/mol. The van der Waals surface area contributed by atoms with Gasteiger partial charge in [-0.25, -0.2) is 14.8 Å². The second-order valence-corrected chi connectivity index (χ2v) is 5.88. The summed E-state index contributed by atoms with van der Waals surface area (Å²) in [5.41, 5.74) is 4.23. The topological polar surface area (TPSA) is 106 Å². The van der Waals surface area contributed by atoms with Crippen molar-refractivity contribution in [1.82, 2.24) is 24.5 Å². The quantitative estimate of drug-likeness (QED) is 0.575. The number of aromatic nitrogens is 5. The molecule has 0 saturated carbocycles. The molecule has 8 heteroatoms. The molecule has 0 saturated heterocycles. The summed E-state index contributed by atoms with van der Waals surface area (Å²) in [6.45, 7) is 2.25. The van der Waals surface area contributed by atoms with Crippen LogP contribution in [0, 0.1) is 0 Å². The van der Waals surface area contributed by atoms with Gasteiger partial charge in [0, 0.05) is 31.5 Å². The average Bonchev–Trinajstić information content (AvgIpc) is 3.02. The van der Waals surface area contributed by atoms with Crippen LogP contribution in [0.4, 0.5) is 0 Å². The normalized spacial score (nSPS) is 10.7. The van der Waals surface area contributed by atoms with Crippen molar-refractivity contribution >= 4 is 22.1 Å². The highest BCUT2D eigenvalue weighted by Gasteiger charge is 2.11. The van der Waals surface area contributed by atoms with Crippen molar-refractivity contribution in [3.8, 4) is 17.1 Å². The van der Waals surface area contributed by atoms with E-state index >= 15 is 0 Å². The zero-order valence-corrected chi connectivity index (χ0v) is 15.4. The van der Waals surface area contributed by atoms with Crippen LogP contribution in [0.1, 0.15) is 13.3 Å². The summed E-state index contributed by atoms with van der Waals surface area (Å²) < 4.78 is 6.58. The fourth-order valence-corrected chi connectivity index (χ4v) is 2.55. The Bertz CT molecular complexity index is 1110. The molecule has 4 rings (SSSR count). The average molecular weight is 367 g/mol. The van der Waals surface area contributed by atoms with Crippen LogP contribution in [0.3, 0.4) is 0 Å². The summed E-state index contributed by atoms with van der Waals surface area (Å²) in [5, 5.41) is 7.88. The lowest BCUT2D eigenvalue weighted by Crippen LogP contribution is -2.11. The number of aliphatic hydroxyl groups excluding tert-OH is 1. The molecule has 0 radical (unpaired) electrons. The number of methoxy groups -OCH3 is 1. The Kier molecular flexibility index (Phi) is 5.46. The van der Waals surface area contributed by atoms with E-state index in [1.807, 2.05) is 25.1 Å². The predicted octanol–water partition coefficient (Wildman–Crippen LogP) is 2.27. The highest BCUT2D eigenvalue weighted by Crippen LogP contribution is 2.24. The molecular formula is C19H21N5O3. The molecule has 140 valence electrons. The number of rotatable bonds is 3. The minimum atomic E-state index is -0.187. The van der Waals surface area contributed by atoms with E-state index in [0.717, 1.165) is 28.7 Å². The molecule has 2 N–H and O–H groups in total. The van der Waals surface area contributed by atoms with Crippen molar-refractivity contribution < 1.29 is 9.84 Å². The van der Waals surface area contributed by atoms with E-state index < -0.39 is 0 Å². The van der Waals surface area contributed by atoms with Crippen molar-refractivity contribution in [1.29, 1.82) is 0 Å². The molecule has 8 nitrogen and oxygen atoms in total. The van der Waals surface area contributed by atoms with Gasteiger partial charge >= 0.3 is 5.69 Å². The number of ether oxygens (including phenoxy) is 1. The SMILES string of the molecule is CCCO.COc1ccc(-c2ccc3ncc4c([nH]c(=O)n4C)c3n2)cn1. The van der Waals surface area contributed by atoms with E-state index in [1.165, 1.54) is 4.57 Å². The van der Waals surface area contributed by atoms with Gasteiger partial charge in [-0.05, 0) is 24.6 Å². The van der Waals surface area contributed by atoms with Crippen LogP contribution >= 0.6 is 0 Å². The lowest BCUT2D eigenvalue weighted by atomic mass is 10.1. The Morgan fingerprint density at radius 2 is 1.96 bits per heavy atom. The number of fused-ring (bicyclic) bond motifs is 3. The third-order valence-corrected chi connectivity index (χ3v) is 4.06. The number of imidazole rings is 1. The Labute approximate surface area is 155 Å². The molecule has 0 aromatic carbocycles. The standard InChI is InChI=1S/C16H13N5O2.C3H8O/c1-21-12-8-17-11-5-4-10(9-3-6-13(23-2)18-7-9)19-14(11)15(12)20-16(21)22;1-2-3-4/h3-8H,1-2H3,(H,20,22);4H,2-3H2,1H3. The Morgan fingerprint density at radius 3 is 2.59 bits per heavy atom. The van der Waals surface area contributed by atoms with Gasteiger partial charge in [0.05, 0.1) is 35.6 Å². The first-order valence-corrected chi connectivity index (χ1v) is 8.54. The van der Waals surface area contributed by atoms with Crippen LogP contribution in [0.25, 0.3) is 33.3 Å². The van der Waals surface area contributed by atoms with Gasteiger partial charge in [0.1, 0.15) is 5.52 Å². The van der Waals surface area contributed by atoms with Crippen LogP contribution in [0.2, 0.25) is 0 Å². The lowest BCUT2D eigenvalue weighted by molar-refractivity contribution is 0.295. The van der Waals surface area contributed by atoms with Crippen molar-refractivity contribution in [2.75, 3.05) is 13.7 Å². The van der Waals surface area contributed by atoms with Crippen LogP contribution in [-0.2, 0) is 7.05 Å². The minimum Gasteiger partial charge on any atom is -0.481 e. The number of pyridine rings is 3. The number of aryl methyl sites for hydroxylation is 1. The van der Waals surface area contributed by atoms with Gasteiger partial charge in [-0.1, -0.05) is 6.92 Å². The van der Waals surface area contributed by atoms with Gasteiger partial charge in [-0.15, -0.1) is 0 Å². The van der Waals surface area contributed by atoms with Crippen LogP contribution in [0.15, 0.2) is 41.5 Å². The highest BCUT2D eigenvalue weighted by molar-refractivity contribution is 5.99. The number of nitrogens with zero attached hydrogens (tertiary/aromatic N) is 4. The van der Waals surface area contributed by atoms with Crippen molar-refractivity contribution in [3.05, 3.63) is 47.1 Å². The van der Waals surface area contributed by atoms with Gasteiger partial charge in [0.25, 0.3) is 0 Å². The number of nitrogens with one attached hydrogen (secondary N) is 1. The van der Waals surface area contributed by atoms with Gasteiger partial charge in [-0.2, -0.15) is 0 Å². The van der Waals surface area contributed by atoms with E-state index in [2.05, 4.69) is 19.9 Å². The first kappa shape index (κ1) is 18.5. The molecule has 0 unspecified atom stereocenters. The minimum absolute atomic E-state index is 0.187. The van der Waals surface area contributed by atoms with Gasteiger partial charge < -0.3 is 14.8 Å². The zero-order valence-electron chi connectivity index (χ0n) is 15.4.